The van der Waals surface area contributed by atoms with Crippen LogP contribution in [0, 0.1) is 10.1 Å². The fourth-order valence-electron chi connectivity index (χ4n) is 3.11. The summed E-state index contributed by atoms with van der Waals surface area (Å²) in [6.07, 6.45) is 2.42. The van der Waals surface area contributed by atoms with Crippen molar-refractivity contribution in [2.45, 2.75) is 13.0 Å². The van der Waals surface area contributed by atoms with E-state index in [2.05, 4.69) is 4.98 Å². The third kappa shape index (κ3) is 2.77. The second-order valence-electron chi connectivity index (χ2n) is 5.95. The lowest BCUT2D eigenvalue weighted by molar-refractivity contribution is -0.384. The lowest BCUT2D eigenvalue weighted by Gasteiger charge is -2.07. The monoisotopic (exact) mass is 387 g/mol. The van der Waals surface area contributed by atoms with Crippen LogP contribution in [0.15, 0.2) is 41.2 Å². The molecule has 8 heteroatoms. The van der Waals surface area contributed by atoms with Crippen LogP contribution in [0.25, 0.3) is 22.6 Å². The summed E-state index contributed by atoms with van der Waals surface area (Å²) in [6, 6.07) is 9.43. The summed E-state index contributed by atoms with van der Waals surface area (Å²) in [5.74, 6) is 0.526. The van der Waals surface area contributed by atoms with E-state index < -0.39 is 4.92 Å². The Bertz CT molecular complexity index is 1170. The van der Waals surface area contributed by atoms with E-state index >= 15 is 0 Å². The minimum absolute atomic E-state index is 0.0129. The van der Waals surface area contributed by atoms with Gasteiger partial charge in [0.25, 0.3) is 11.2 Å². The average Bonchev–Trinajstić information content (AvgIpc) is 2.99. The molecule has 0 amide bonds. The van der Waals surface area contributed by atoms with Crippen molar-refractivity contribution in [2.75, 3.05) is 0 Å². The minimum Gasteiger partial charge on any atom is -0.292 e. The first-order valence-electron chi connectivity index (χ1n) is 7.79. The van der Waals surface area contributed by atoms with Crippen molar-refractivity contribution in [1.82, 2.24) is 9.55 Å². The zero-order valence-corrected chi connectivity index (χ0v) is 14.8. The molecule has 0 bridgehead atoms. The standard InChI is InChI=1S/C18H11Cl2N3O3/c19-12-8-14-16(15(20)9-12)21-17-11(4-5-22(17)18(14)24)6-10-2-1-3-13(7-10)23(25)26/h1-3,6-9H,4-5H2/b11-6+. The molecule has 4 rings (SSSR count). The normalized spacial score (nSPS) is 14.8. The van der Waals surface area contributed by atoms with E-state index in [1.165, 1.54) is 12.1 Å². The number of fused-ring (bicyclic) bond motifs is 2. The van der Waals surface area contributed by atoms with Crippen molar-refractivity contribution in [1.29, 1.82) is 0 Å². The molecule has 3 aromatic rings. The van der Waals surface area contributed by atoms with Crippen molar-refractivity contribution in [3.05, 3.63) is 78.3 Å². The van der Waals surface area contributed by atoms with E-state index in [4.69, 9.17) is 23.2 Å². The quantitative estimate of drug-likeness (QED) is 0.477. The van der Waals surface area contributed by atoms with Crippen molar-refractivity contribution < 1.29 is 4.92 Å². The number of nitro groups is 1. The molecular formula is C18H11Cl2N3O3. The number of nitrogens with zero attached hydrogens (tertiary/aromatic N) is 3. The van der Waals surface area contributed by atoms with Gasteiger partial charge in [-0.05, 0) is 35.8 Å². The molecule has 0 saturated carbocycles. The molecule has 0 fully saturated rings. The van der Waals surface area contributed by atoms with Gasteiger partial charge in [0.2, 0.25) is 0 Å². The molecule has 0 radical (unpaired) electrons. The first-order chi connectivity index (χ1) is 12.4. The summed E-state index contributed by atoms with van der Waals surface area (Å²) in [5.41, 5.74) is 1.73. The topological polar surface area (TPSA) is 78.0 Å². The van der Waals surface area contributed by atoms with Gasteiger partial charge in [-0.25, -0.2) is 4.98 Å². The van der Waals surface area contributed by atoms with E-state index in [0.29, 0.717) is 45.3 Å². The Morgan fingerprint density at radius 2 is 2.04 bits per heavy atom. The second-order valence-corrected chi connectivity index (χ2v) is 6.79. The maximum Gasteiger partial charge on any atom is 0.270 e. The second kappa shape index (κ2) is 6.23. The molecule has 0 unspecified atom stereocenters. The fourth-order valence-corrected chi connectivity index (χ4v) is 3.65. The van der Waals surface area contributed by atoms with E-state index in [9.17, 15) is 14.9 Å². The number of halogens is 2. The number of benzene rings is 2. The summed E-state index contributed by atoms with van der Waals surface area (Å²) in [7, 11) is 0. The predicted octanol–water partition coefficient (Wildman–Crippen LogP) is 4.56. The van der Waals surface area contributed by atoms with E-state index in [-0.39, 0.29) is 11.2 Å². The maximum atomic E-state index is 12.8. The molecular weight excluding hydrogens is 377 g/mol. The Hall–Kier alpha value is -2.70. The van der Waals surface area contributed by atoms with Crippen LogP contribution < -0.4 is 5.56 Å². The summed E-state index contributed by atoms with van der Waals surface area (Å²) >= 11 is 12.2. The first-order valence-corrected chi connectivity index (χ1v) is 8.54. The third-order valence-corrected chi connectivity index (χ3v) is 4.80. The highest BCUT2D eigenvalue weighted by atomic mass is 35.5. The van der Waals surface area contributed by atoms with Crippen LogP contribution in [0.4, 0.5) is 5.69 Å². The van der Waals surface area contributed by atoms with Gasteiger partial charge in [0.15, 0.2) is 0 Å². The molecule has 0 aliphatic carbocycles. The summed E-state index contributed by atoms with van der Waals surface area (Å²) in [5, 5.41) is 12.0. The van der Waals surface area contributed by atoms with Crippen molar-refractivity contribution in [3.63, 3.8) is 0 Å². The molecule has 2 aromatic carbocycles. The van der Waals surface area contributed by atoms with Crippen LogP contribution in [-0.2, 0) is 6.54 Å². The van der Waals surface area contributed by atoms with Crippen LogP contribution >= 0.6 is 23.2 Å². The molecule has 2 heterocycles. The Morgan fingerprint density at radius 3 is 2.81 bits per heavy atom. The first kappa shape index (κ1) is 16.8. The molecule has 6 nitrogen and oxygen atoms in total. The molecule has 0 spiro atoms. The predicted molar refractivity (Wildman–Crippen MR) is 102 cm³/mol. The van der Waals surface area contributed by atoms with Crippen LogP contribution in [-0.4, -0.2) is 14.5 Å². The van der Waals surface area contributed by atoms with Crippen molar-refractivity contribution >= 4 is 51.4 Å². The molecule has 1 aromatic heterocycles. The Morgan fingerprint density at radius 1 is 1.23 bits per heavy atom. The SMILES string of the molecule is O=c1c2cc(Cl)cc(Cl)c2nc2n1CC/C2=C\c1cccc([N+](=O)[O-])c1. The molecule has 130 valence electrons. The Kier molecular flexibility index (Phi) is 4.01. The van der Waals surface area contributed by atoms with Crippen molar-refractivity contribution in [2.24, 2.45) is 0 Å². The number of aromatic nitrogens is 2. The van der Waals surface area contributed by atoms with Crippen molar-refractivity contribution in [3.8, 4) is 0 Å². The average molecular weight is 388 g/mol. The fraction of sp³-hybridized carbons (Fsp3) is 0.111. The van der Waals surface area contributed by atoms with Gasteiger partial charge in [0, 0.05) is 23.7 Å². The molecule has 26 heavy (non-hydrogen) atoms. The highest BCUT2D eigenvalue weighted by Gasteiger charge is 2.22. The molecule has 0 N–H and O–H groups in total. The summed E-state index contributed by atoms with van der Waals surface area (Å²) < 4.78 is 1.58. The lowest BCUT2D eigenvalue weighted by Crippen LogP contribution is -2.20. The number of rotatable bonds is 2. The third-order valence-electron chi connectivity index (χ3n) is 4.29. The molecule has 0 saturated heterocycles. The van der Waals surface area contributed by atoms with Gasteiger partial charge in [-0.3, -0.25) is 19.5 Å². The zero-order valence-electron chi connectivity index (χ0n) is 13.3. The summed E-state index contributed by atoms with van der Waals surface area (Å²) in [4.78, 5) is 27.8. The van der Waals surface area contributed by atoms with E-state index in [1.54, 1.807) is 28.8 Å². The largest absolute Gasteiger partial charge is 0.292 e. The van der Waals surface area contributed by atoms with Gasteiger partial charge in [-0.1, -0.05) is 35.3 Å². The van der Waals surface area contributed by atoms with Crippen LogP contribution in [0.3, 0.4) is 0 Å². The number of nitro benzene ring substituents is 1. The smallest absolute Gasteiger partial charge is 0.270 e. The van der Waals surface area contributed by atoms with E-state index in [0.717, 1.165) is 5.57 Å². The van der Waals surface area contributed by atoms with Gasteiger partial charge in [-0.15, -0.1) is 0 Å². The Balaban J connectivity index is 1.89. The summed E-state index contributed by atoms with van der Waals surface area (Å²) in [6.45, 7) is 0.488. The van der Waals surface area contributed by atoms with E-state index in [1.807, 2.05) is 6.08 Å². The number of non-ortho nitro benzene ring substituents is 1. The molecule has 1 aliphatic heterocycles. The molecule has 1 aliphatic rings. The zero-order chi connectivity index (χ0) is 18.4. The number of allylic oxidation sites excluding steroid dienone is 1. The van der Waals surface area contributed by atoms with Crippen LogP contribution in [0.2, 0.25) is 10.0 Å². The minimum atomic E-state index is -0.440. The van der Waals surface area contributed by atoms with Gasteiger partial charge in [0.1, 0.15) is 5.82 Å². The maximum absolute atomic E-state index is 12.8. The van der Waals surface area contributed by atoms with Crippen LogP contribution in [0.1, 0.15) is 17.8 Å². The lowest BCUT2D eigenvalue weighted by atomic mass is 10.1. The number of hydrogen-bond acceptors (Lipinski definition) is 4. The Labute approximate surface area is 157 Å². The van der Waals surface area contributed by atoms with Gasteiger partial charge in [0.05, 0.1) is 20.8 Å². The van der Waals surface area contributed by atoms with Crippen LogP contribution in [0.5, 0.6) is 0 Å². The highest BCUT2D eigenvalue weighted by molar-refractivity contribution is 6.38. The highest BCUT2D eigenvalue weighted by Crippen LogP contribution is 2.31. The van der Waals surface area contributed by atoms with Gasteiger partial charge < -0.3 is 0 Å². The molecule has 0 atom stereocenters. The van der Waals surface area contributed by atoms with Gasteiger partial charge >= 0.3 is 0 Å². The van der Waals surface area contributed by atoms with Gasteiger partial charge in [-0.2, -0.15) is 0 Å². The number of hydrogen-bond donors (Lipinski definition) is 0.